The van der Waals surface area contributed by atoms with Crippen molar-refractivity contribution in [1.29, 1.82) is 0 Å². The molecule has 1 N–H and O–H groups in total. The minimum atomic E-state index is 0.222. The van der Waals surface area contributed by atoms with E-state index in [1.807, 2.05) is 24.0 Å². The summed E-state index contributed by atoms with van der Waals surface area (Å²) in [5.41, 5.74) is 2.42. The van der Waals surface area contributed by atoms with Crippen LogP contribution in [-0.2, 0) is 13.0 Å². The van der Waals surface area contributed by atoms with Gasteiger partial charge in [-0.05, 0) is 31.5 Å². The molecule has 1 heterocycles. The Kier molecular flexibility index (Phi) is 5.10. The summed E-state index contributed by atoms with van der Waals surface area (Å²) in [6.07, 6.45) is 3.82. The number of rotatable bonds is 6. The molecule has 0 spiro atoms. The second-order valence-electron chi connectivity index (χ2n) is 4.52. The first-order chi connectivity index (χ1) is 9.26. The minimum absolute atomic E-state index is 0.222. The van der Waals surface area contributed by atoms with E-state index in [0.717, 1.165) is 29.6 Å². The van der Waals surface area contributed by atoms with Crippen molar-refractivity contribution in [2.75, 3.05) is 7.05 Å². The van der Waals surface area contributed by atoms with Crippen molar-refractivity contribution < 1.29 is 0 Å². The molecule has 1 atom stereocenters. The van der Waals surface area contributed by atoms with Crippen LogP contribution in [0.3, 0.4) is 0 Å². The number of nitrogens with one attached hydrogen (secondary N) is 1. The minimum Gasteiger partial charge on any atom is -0.311 e. The maximum Gasteiger partial charge on any atom is 0.0759 e. The summed E-state index contributed by atoms with van der Waals surface area (Å²) in [6.45, 7) is 3.05. The Hall–Kier alpha value is -1.20. The quantitative estimate of drug-likeness (QED) is 0.889. The molecule has 5 heteroatoms. The van der Waals surface area contributed by atoms with Crippen LogP contribution in [0.15, 0.2) is 34.9 Å². The maximum atomic E-state index is 4.15. The van der Waals surface area contributed by atoms with Crippen molar-refractivity contribution in [1.82, 2.24) is 20.3 Å². The predicted molar refractivity (Wildman–Crippen MR) is 80.0 cm³/mol. The van der Waals surface area contributed by atoms with Gasteiger partial charge in [0, 0.05) is 11.0 Å². The van der Waals surface area contributed by atoms with Crippen molar-refractivity contribution in [2.24, 2.45) is 0 Å². The van der Waals surface area contributed by atoms with Crippen molar-refractivity contribution in [3.05, 3.63) is 46.2 Å². The zero-order chi connectivity index (χ0) is 13.7. The summed E-state index contributed by atoms with van der Waals surface area (Å²) >= 11 is 3.60. The Labute approximate surface area is 122 Å². The third-order valence-corrected chi connectivity index (χ3v) is 3.94. The Morgan fingerprint density at radius 3 is 2.84 bits per heavy atom. The van der Waals surface area contributed by atoms with Gasteiger partial charge in [-0.25, -0.2) is 4.68 Å². The molecule has 1 unspecified atom stereocenters. The van der Waals surface area contributed by atoms with Crippen molar-refractivity contribution in [2.45, 2.75) is 32.4 Å². The van der Waals surface area contributed by atoms with Crippen LogP contribution in [0.1, 0.15) is 30.6 Å². The molecule has 0 fully saturated rings. The molecule has 4 nitrogen and oxygen atoms in total. The van der Waals surface area contributed by atoms with Gasteiger partial charge in [-0.1, -0.05) is 46.3 Å². The highest BCUT2D eigenvalue weighted by Crippen LogP contribution is 2.23. The van der Waals surface area contributed by atoms with E-state index >= 15 is 0 Å². The molecule has 1 aromatic carbocycles. The van der Waals surface area contributed by atoms with Crippen LogP contribution in [0.2, 0.25) is 0 Å². The summed E-state index contributed by atoms with van der Waals surface area (Å²) in [5, 5.41) is 11.5. The fourth-order valence-electron chi connectivity index (χ4n) is 2.16. The second-order valence-corrected chi connectivity index (χ2v) is 5.37. The van der Waals surface area contributed by atoms with E-state index in [-0.39, 0.29) is 6.04 Å². The molecule has 0 saturated carbocycles. The van der Waals surface area contributed by atoms with Crippen LogP contribution >= 0.6 is 15.9 Å². The molecule has 1 aromatic heterocycles. The van der Waals surface area contributed by atoms with Gasteiger partial charge >= 0.3 is 0 Å². The third kappa shape index (κ3) is 3.42. The number of nitrogens with zero attached hydrogens (tertiary/aromatic N) is 3. The first-order valence-electron chi connectivity index (χ1n) is 6.55. The molecule has 0 bridgehead atoms. The second kappa shape index (κ2) is 6.82. The maximum absolute atomic E-state index is 4.15. The standard InChI is InChI=1S/C14H19BrN4/c1-3-8-19-14(10-17-18-19)13(16-2)9-11-6-4-5-7-12(11)15/h4-7,10,13,16H,3,8-9H2,1-2H3. The van der Waals surface area contributed by atoms with E-state index in [0.29, 0.717) is 0 Å². The fourth-order valence-corrected chi connectivity index (χ4v) is 2.61. The van der Waals surface area contributed by atoms with Crippen molar-refractivity contribution in [3.8, 4) is 0 Å². The van der Waals surface area contributed by atoms with Gasteiger partial charge < -0.3 is 5.32 Å². The van der Waals surface area contributed by atoms with Crippen LogP contribution in [0.5, 0.6) is 0 Å². The monoisotopic (exact) mass is 322 g/mol. The van der Waals surface area contributed by atoms with Gasteiger partial charge in [-0.15, -0.1) is 5.10 Å². The smallest absolute Gasteiger partial charge is 0.0759 e. The number of aryl methyl sites for hydroxylation is 1. The normalized spacial score (nSPS) is 12.6. The third-order valence-electron chi connectivity index (χ3n) is 3.17. The van der Waals surface area contributed by atoms with Gasteiger partial charge in [-0.2, -0.15) is 0 Å². The molecule has 19 heavy (non-hydrogen) atoms. The Balaban J connectivity index is 2.20. The molecule has 0 aliphatic rings. The molecule has 0 aliphatic carbocycles. The average Bonchev–Trinajstić information content (AvgIpc) is 2.86. The highest BCUT2D eigenvalue weighted by Gasteiger charge is 2.16. The topological polar surface area (TPSA) is 42.7 Å². The van der Waals surface area contributed by atoms with Crippen molar-refractivity contribution in [3.63, 3.8) is 0 Å². The van der Waals surface area contributed by atoms with E-state index in [2.05, 4.69) is 56.7 Å². The van der Waals surface area contributed by atoms with Gasteiger partial charge in [0.05, 0.1) is 17.9 Å². The highest BCUT2D eigenvalue weighted by molar-refractivity contribution is 9.10. The number of benzene rings is 1. The fraction of sp³-hybridized carbons (Fsp3) is 0.429. The van der Waals surface area contributed by atoms with Crippen LogP contribution in [-0.4, -0.2) is 22.0 Å². The number of halogens is 1. The average molecular weight is 323 g/mol. The first-order valence-corrected chi connectivity index (χ1v) is 7.34. The lowest BCUT2D eigenvalue weighted by Gasteiger charge is -2.17. The molecule has 102 valence electrons. The zero-order valence-corrected chi connectivity index (χ0v) is 12.9. The molecule has 2 aromatic rings. The Morgan fingerprint density at radius 2 is 2.16 bits per heavy atom. The molecule has 2 rings (SSSR count). The SMILES string of the molecule is CCCn1nncc1C(Cc1ccccc1Br)NC. The lowest BCUT2D eigenvalue weighted by molar-refractivity contribution is 0.490. The van der Waals surface area contributed by atoms with Crippen LogP contribution < -0.4 is 5.32 Å². The van der Waals surface area contributed by atoms with E-state index in [1.54, 1.807) is 0 Å². The van der Waals surface area contributed by atoms with E-state index in [1.165, 1.54) is 5.56 Å². The molecule has 0 aliphatic heterocycles. The lowest BCUT2D eigenvalue weighted by Crippen LogP contribution is -2.22. The molecular weight excluding hydrogens is 304 g/mol. The van der Waals surface area contributed by atoms with Gasteiger partial charge in [0.2, 0.25) is 0 Å². The largest absolute Gasteiger partial charge is 0.311 e. The summed E-state index contributed by atoms with van der Waals surface area (Å²) in [7, 11) is 1.98. The number of likely N-dealkylation sites (N-methyl/N-ethyl adjacent to an activating group) is 1. The number of hydrogen-bond donors (Lipinski definition) is 1. The summed E-state index contributed by atoms with van der Waals surface area (Å²) < 4.78 is 3.13. The summed E-state index contributed by atoms with van der Waals surface area (Å²) in [4.78, 5) is 0. The summed E-state index contributed by atoms with van der Waals surface area (Å²) in [5.74, 6) is 0. The first kappa shape index (κ1) is 14.2. The Bertz CT molecular complexity index is 524. The molecule has 0 saturated heterocycles. The van der Waals surface area contributed by atoms with E-state index in [9.17, 15) is 0 Å². The van der Waals surface area contributed by atoms with Crippen LogP contribution in [0.25, 0.3) is 0 Å². The van der Waals surface area contributed by atoms with Crippen molar-refractivity contribution >= 4 is 15.9 Å². The zero-order valence-electron chi connectivity index (χ0n) is 11.3. The number of aromatic nitrogens is 3. The van der Waals surface area contributed by atoms with Gasteiger partial charge in [-0.3, -0.25) is 0 Å². The van der Waals surface area contributed by atoms with Crippen LogP contribution in [0.4, 0.5) is 0 Å². The molecule has 0 radical (unpaired) electrons. The van der Waals surface area contributed by atoms with Gasteiger partial charge in [0.1, 0.15) is 0 Å². The van der Waals surface area contributed by atoms with Crippen LogP contribution in [0, 0.1) is 0 Å². The van der Waals surface area contributed by atoms with E-state index < -0.39 is 0 Å². The molecule has 0 amide bonds. The highest BCUT2D eigenvalue weighted by atomic mass is 79.9. The van der Waals surface area contributed by atoms with Gasteiger partial charge in [0.15, 0.2) is 0 Å². The Morgan fingerprint density at radius 1 is 1.37 bits per heavy atom. The van der Waals surface area contributed by atoms with Gasteiger partial charge in [0.25, 0.3) is 0 Å². The number of hydrogen-bond acceptors (Lipinski definition) is 3. The van der Waals surface area contributed by atoms with E-state index in [4.69, 9.17) is 0 Å². The molecular formula is C14H19BrN4. The summed E-state index contributed by atoms with van der Waals surface area (Å²) in [6, 6.07) is 8.53. The predicted octanol–water partition coefficient (Wildman–Crippen LogP) is 2.95. The lowest BCUT2D eigenvalue weighted by atomic mass is 10.0.